The molecule has 4 nitrogen and oxygen atoms in total. The van der Waals surface area contributed by atoms with Crippen LogP contribution in [0.4, 0.5) is 5.69 Å². The molecule has 0 saturated heterocycles. The van der Waals surface area contributed by atoms with E-state index in [4.69, 9.17) is 17.3 Å². The Bertz CT molecular complexity index is 473. The van der Waals surface area contributed by atoms with Gasteiger partial charge in [0.1, 0.15) is 0 Å². The largest absolute Gasteiger partial charge is 0.399 e. The summed E-state index contributed by atoms with van der Waals surface area (Å²) in [7, 11) is 0. The van der Waals surface area contributed by atoms with Crippen LogP contribution in [0.5, 0.6) is 0 Å². The molecular formula is C15H21ClN2O2. The van der Waals surface area contributed by atoms with Crippen LogP contribution in [0.25, 0.3) is 0 Å². The van der Waals surface area contributed by atoms with Gasteiger partial charge in [-0.05, 0) is 31.0 Å². The van der Waals surface area contributed by atoms with Crippen LogP contribution in [0.2, 0.25) is 5.02 Å². The maximum Gasteiger partial charge on any atom is 0.255 e. The van der Waals surface area contributed by atoms with E-state index in [1.807, 2.05) is 0 Å². The first kappa shape index (κ1) is 15.1. The molecule has 2 rings (SSSR count). The topological polar surface area (TPSA) is 66.6 Å². The third-order valence-corrected chi connectivity index (χ3v) is 4.17. The molecule has 0 atom stereocenters. The zero-order valence-corrected chi connectivity index (χ0v) is 12.3. The first-order valence-electron chi connectivity index (χ1n) is 7.10. The van der Waals surface area contributed by atoms with Crippen molar-refractivity contribution in [3.63, 3.8) is 0 Å². The van der Waals surface area contributed by atoms with Crippen LogP contribution in [0.3, 0.4) is 0 Å². The molecule has 20 heavy (non-hydrogen) atoms. The molecule has 0 unspecified atom stereocenters. The number of benzene rings is 1. The first-order chi connectivity index (χ1) is 9.63. The lowest BCUT2D eigenvalue weighted by Crippen LogP contribution is -2.43. The average molecular weight is 297 g/mol. The number of amides is 1. The van der Waals surface area contributed by atoms with Gasteiger partial charge in [0.2, 0.25) is 0 Å². The SMILES string of the molecule is Nc1ccc(Cl)c(C(=O)N(CCO)C2CCCCC2)c1. The molecule has 1 saturated carbocycles. The summed E-state index contributed by atoms with van der Waals surface area (Å²) in [6.07, 6.45) is 5.46. The minimum absolute atomic E-state index is 0.0395. The number of rotatable bonds is 4. The lowest BCUT2D eigenvalue weighted by molar-refractivity contribution is 0.0585. The number of nitrogen functional groups attached to an aromatic ring is 1. The summed E-state index contributed by atoms with van der Waals surface area (Å²) in [5.41, 5.74) is 6.68. The van der Waals surface area contributed by atoms with E-state index in [0.29, 0.717) is 22.8 Å². The molecule has 3 N–H and O–H groups in total. The number of anilines is 1. The normalized spacial score (nSPS) is 16.1. The van der Waals surface area contributed by atoms with Gasteiger partial charge >= 0.3 is 0 Å². The number of halogens is 1. The van der Waals surface area contributed by atoms with Gasteiger partial charge in [0.05, 0.1) is 17.2 Å². The van der Waals surface area contributed by atoms with Crippen molar-refractivity contribution in [2.24, 2.45) is 0 Å². The number of carbonyl (C=O) groups excluding carboxylic acids is 1. The van der Waals surface area contributed by atoms with Crippen LogP contribution in [0, 0.1) is 0 Å². The van der Waals surface area contributed by atoms with Gasteiger partial charge in [0.25, 0.3) is 5.91 Å². The lowest BCUT2D eigenvalue weighted by Gasteiger charge is -2.34. The second-order valence-corrected chi connectivity index (χ2v) is 5.66. The Morgan fingerprint density at radius 3 is 2.70 bits per heavy atom. The Hall–Kier alpha value is -1.26. The van der Waals surface area contributed by atoms with E-state index in [9.17, 15) is 9.90 Å². The number of hydrogen-bond acceptors (Lipinski definition) is 3. The van der Waals surface area contributed by atoms with Crippen molar-refractivity contribution in [1.29, 1.82) is 0 Å². The summed E-state index contributed by atoms with van der Waals surface area (Å²) in [4.78, 5) is 14.4. The van der Waals surface area contributed by atoms with Crippen molar-refractivity contribution in [3.8, 4) is 0 Å². The van der Waals surface area contributed by atoms with E-state index in [-0.39, 0.29) is 18.6 Å². The Balaban J connectivity index is 2.23. The van der Waals surface area contributed by atoms with Gasteiger partial charge in [-0.2, -0.15) is 0 Å². The molecule has 1 amide bonds. The fourth-order valence-electron chi connectivity index (χ4n) is 2.81. The van der Waals surface area contributed by atoms with E-state index >= 15 is 0 Å². The number of hydrogen-bond donors (Lipinski definition) is 2. The van der Waals surface area contributed by atoms with Crippen molar-refractivity contribution in [2.75, 3.05) is 18.9 Å². The quantitative estimate of drug-likeness (QED) is 0.840. The zero-order valence-electron chi connectivity index (χ0n) is 11.5. The van der Waals surface area contributed by atoms with Crippen LogP contribution in [-0.2, 0) is 0 Å². The highest BCUT2D eigenvalue weighted by atomic mass is 35.5. The third kappa shape index (κ3) is 3.44. The van der Waals surface area contributed by atoms with Gasteiger partial charge in [0, 0.05) is 18.3 Å². The van der Waals surface area contributed by atoms with Crippen LogP contribution in [0.1, 0.15) is 42.5 Å². The van der Waals surface area contributed by atoms with Gasteiger partial charge in [-0.1, -0.05) is 30.9 Å². The molecular weight excluding hydrogens is 276 g/mol. The highest BCUT2D eigenvalue weighted by molar-refractivity contribution is 6.34. The van der Waals surface area contributed by atoms with Crippen molar-refractivity contribution in [3.05, 3.63) is 28.8 Å². The number of aliphatic hydroxyl groups is 1. The average Bonchev–Trinajstić information content (AvgIpc) is 2.47. The Morgan fingerprint density at radius 1 is 1.35 bits per heavy atom. The maximum atomic E-state index is 12.7. The van der Waals surface area contributed by atoms with Gasteiger partial charge in [-0.15, -0.1) is 0 Å². The number of carbonyl (C=O) groups is 1. The van der Waals surface area contributed by atoms with Crippen molar-refractivity contribution in [2.45, 2.75) is 38.1 Å². The molecule has 0 bridgehead atoms. The van der Waals surface area contributed by atoms with E-state index < -0.39 is 0 Å². The molecule has 1 aliphatic carbocycles. The molecule has 1 aliphatic rings. The summed E-state index contributed by atoms with van der Waals surface area (Å²) < 4.78 is 0. The Morgan fingerprint density at radius 2 is 2.05 bits per heavy atom. The predicted octanol–water partition coefficient (Wildman–Crippen LogP) is 2.69. The van der Waals surface area contributed by atoms with Crippen molar-refractivity contribution in [1.82, 2.24) is 4.90 Å². The van der Waals surface area contributed by atoms with Gasteiger partial charge in [-0.25, -0.2) is 0 Å². The van der Waals surface area contributed by atoms with E-state index in [0.717, 1.165) is 25.7 Å². The van der Waals surface area contributed by atoms with E-state index in [1.165, 1.54) is 6.42 Å². The van der Waals surface area contributed by atoms with Crippen molar-refractivity contribution < 1.29 is 9.90 Å². The minimum Gasteiger partial charge on any atom is -0.399 e. The minimum atomic E-state index is -0.136. The van der Waals surface area contributed by atoms with Crippen LogP contribution in [0.15, 0.2) is 18.2 Å². The molecule has 1 fully saturated rings. The molecule has 110 valence electrons. The fourth-order valence-corrected chi connectivity index (χ4v) is 3.01. The zero-order chi connectivity index (χ0) is 14.5. The summed E-state index contributed by atoms with van der Waals surface area (Å²) in [5, 5.41) is 9.64. The maximum absolute atomic E-state index is 12.7. The molecule has 5 heteroatoms. The monoisotopic (exact) mass is 296 g/mol. The van der Waals surface area contributed by atoms with Crippen molar-refractivity contribution >= 4 is 23.2 Å². The number of aliphatic hydroxyl groups excluding tert-OH is 1. The first-order valence-corrected chi connectivity index (χ1v) is 7.48. The predicted molar refractivity (Wildman–Crippen MR) is 80.9 cm³/mol. The highest BCUT2D eigenvalue weighted by Crippen LogP contribution is 2.26. The molecule has 0 heterocycles. The van der Waals surface area contributed by atoms with Crippen LogP contribution >= 0.6 is 11.6 Å². The molecule has 0 radical (unpaired) electrons. The molecule has 0 spiro atoms. The fraction of sp³-hybridized carbons (Fsp3) is 0.533. The molecule has 1 aromatic carbocycles. The van der Waals surface area contributed by atoms with Gasteiger partial charge in [-0.3, -0.25) is 4.79 Å². The summed E-state index contributed by atoms with van der Waals surface area (Å²) in [5.74, 6) is -0.136. The second kappa shape index (κ2) is 6.95. The van der Waals surface area contributed by atoms with E-state index in [2.05, 4.69) is 0 Å². The summed E-state index contributed by atoms with van der Waals surface area (Å²) >= 11 is 6.11. The van der Waals surface area contributed by atoms with Crippen LogP contribution in [-0.4, -0.2) is 35.1 Å². The molecule has 0 aliphatic heterocycles. The summed E-state index contributed by atoms with van der Waals surface area (Å²) in [6.45, 7) is 0.302. The van der Waals surface area contributed by atoms with Gasteiger partial charge in [0.15, 0.2) is 0 Å². The Kier molecular flexibility index (Phi) is 5.26. The number of nitrogens with zero attached hydrogens (tertiary/aromatic N) is 1. The summed E-state index contributed by atoms with van der Waals surface area (Å²) in [6, 6.07) is 5.12. The molecule has 0 aromatic heterocycles. The second-order valence-electron chi connectivity index (χ2n) is 5.25. The standard InChI is InChI=1S/C15H21ClN2O2/c16-14-7-6-11(17)10-13(14)15(20)18(8-9-19)12-4-2-1-3-5-12/h6-7,10,12,19H,1-5,8-9,17H2. The lowest BCUT2D eigenvalue weighted by atomic mass is 9.93. The smallest absolute Gasteiger partial charge is 0.255 e. The van der Waals surface area contributed by atoms with Crippen LogP contribution < -0.4 is 5.73 Å². The number of nitrogens with two attached hydrogens (primary N) is 1. The Labute approximate surface area is 124 Å². The van der Waals surface area contributed by atoms with Gasteiger partial charge < -0.3 is 15.7 Å². The highest BCUT2D eigenvalue weighted by Gasteiger charge is 2.27. The third-order valence-electron chi connectivity index (χ3n) is 3.84. The van der Waals surface area contributed by atoms with E-state index in [1.54, 1.807) is 23.1 Å². The molecule has 1 aromatic rings.